The topological polar surface area (TPSA) is 118 Å². The van der Waals surface area contributed by atoms with Gasteiger partial charge in [0.2, 0.25) is 0 Å². The van der Waals surface area contributed by atoms with Crippen LogP contribution in [0.5, 0.6) is 0 Å². The predicted molar refractivity (Wildman–Crippen MR) is 73.1 cm³/mol. The van der Waals surface area contributed by atoms with Crippen molar-refractivity contribution in [2.24, 2.45) is 17.2 Å². The maximum absolute atomic E-state index is 10.5. The molecule has 0 aromatic heterocycles. The normalized spacial score (nSPS) is 15.8. The Bertz CT molecular complexity index is 404. The molecule has 3 atom stereocenters. The van der Waals surface area contributed by atoms with E-state index in [0.29, 0.717) is 0 Å². The van der Waals surface area contributed by atoms with E-state index in [0.717, 1.165) is 24.0 Å². The lowest BCUT2D eigenvalue weighted by atomic mass is 9.99. The monoisotopic (exact) mass is 264 g/mol. The summed E-state index contributed by atoms with van der Waals surface area (Å²) in [5.74, 6) is -1.23. The van der Waals surface area contributed by atoms with E-state index in [1.54, 1.807) is 0 Å². The van der Waals surface area contributed by atoms with Crippen LogP contribution in [0.15, 0.2) is 24.3 Å². The number of benzene rings is 1. The summed E-state index contributed by atoms with van der Waals surface area (Å²) >= 11 is 0. The van der Waals surface area contributed by atoms with Gasteiger partial charge in [0.1, 0.15) is 0 Å². The summed E-state index contributed by atoms with van der Waals surface area (Å²) in [6.45, 7) is 1.90. The van der Waals surface area contributed by atoms with Crippen LogP contribution in [0.4, 0.5) is 0 Å². The Hall–Kier alpha value is -1.43. The Kier molecular flexibility index (Phi) is 5.95. The van der Waals surface area contributed by atoms with Gasteiger partial charge >= 0.3 is 0 Å². The van der Waals surface area contributed by atoms with Crippen molar-refractivity contribution in [2.45, 2.75) is 44.3 Å². The second kappa shape index (κ2) is 7.23. The van der Waals surface area contributed by atoms with E-state index in [2.05, 4.69) is 0 Å². The Morgan fingerprint density at radius 2 is 1.68 bits per heavy atom. The summed E-state index contributed by atoms with van der Waals surface area (Å²) in [5.41, 5.74) is 19.1. The van der Waals surface area contributed by atoms with Gasteiger partial charge in [-0.25, -0.2) is 0 Å². The Labute approximate surface area is 113 Å². The molecule has 1 aromatic rings. The molecule has 1 rings (SSSR count). The van der Waals surface area contributed by atoms with Crippen molar-refractivity contribution in [1.29, 1.82) is 0 Å². The highest BCUT2D eigenvalue weighted by Gasteiger charge is 2.08. The third kappa shape index (κ3) is 5.38. The fourth-order valence-electron chi connectivity index (χ4n) is 1.78. The van der Waals surface area contributed by atoms with Crippen LogP contribution in [0.25, 0.3) is 0 Å². The quantitative estimate of drug-likeness (QED) is 0.578. The number of hydrogen-bond donors (Lipinski definition) is 3. The minimum Gasteiger partial charge on any atom is -0.548 e. The average Bonchev–Trinajstić information content (AvgIpc) is 2.37. The van der Waals surface area contributed by atoms with Crippen molar-refractivity contribution in [3.05, 3.63) is 35.4 Å². The number of rotatable bonds is 7. The van der Waals surface area contributed by atoms with Crippen LogP contribution in [0.2, 0.25) is 0 Å². The first kappa shape index (κ1) is 15.6. The van der Waals surface area contributed by atoms with Crippen LogP contribution in [-0.2, 0) is 17.6 Å². The zero-order valence-electron chi connectivity index (χ0n) is 11.2. The largest absolute Gasteiger partial charge is 0.548 e. The lowest BCUT2D eigenvalue weighted by Crippen LogP contribution is -2.43. The Balaban J connectivity index is 2.50. The molecule has 0 bridgehead atoms. The number of carboxylic acids is 1. The van der Waals surface area contributed by atoms with Gasteiger partial charge in [0.15, 0.2) is 0 Å². The number of hydrogen-bond acceptors (Lipinski definition) is 5. The highest BCUT2D eigenvalue weighted by Crippen LogP contribution is 2.09. The molecular formula is C14H22N3O2-. The summed E-state index contributed by atoms with van der Waals surface area (Å²) in [6, 6.07) is 6.71. The number of carbonyl (C=O) groups excluding carboxylic acids is 1. The van der Waals surface area contributed by atoms with E-state index in [9.17, 15) is 9.90 Å². The van der Waals surface area contributed by atoms with E-state index >= 15 is 0 Å². The smallest absolute Gasteiger partial charge is 0.0585 e. The predicted octanol–water partition coefficient (Wildman–Crippen LogP) is -1.09. The molecule has 6 N–H and O–H groups in total. The molecule has 0 saturated carbocycles. The molecule has 0 aliphatic rings. The molecule has 0 amide bonds. The van der Waals surface area contributed by atoms with Crippen molar-refractivity contribution in [3.63, 3.8) is 0 Å². The van der Waals surface area contributed by atoms with Crippen LogP contribution >= 0.6 is 0 Å². The van der Waals surface area contributed by atoms with Crippen molar-refractivity contribution in [3.8, 4) is 0 Å². The van der Waals surface area contributed by atoms with Gasteiger partial charge in [-0.2, -0.15) is 0 Å². The van der Waals surface area contributed by atoms with Crippen LogP contribution < -0.4 is 22.3 Å². The lowest BCUT2D eigenvalue weighted by molar-refractivity contribution is -0.307. The molecule has 1 aromatic carbocycles. The molecule has 19 heavy (non-hydrogen) atoms. The zero-order chi connectivity index (χ0) is 14.4. The molecule has 5 nitrogen and oxygen atoms in total. The van der Waals surface area contributed by atoms with Gasteiger partial charge in [0, 0.05) is 18.1 Å². The van der Waals surface area contributed by atoms with Gasteiger partial charge in [0.25, 0.3) is 0 Å². The van der Waals surface area contributed by atoms with Gasteiger partial charge in [-0.05, 0) is 37.3 Å². The van der Waals surface area contributed by atoms with Gasteiger partial charge < -0.3 is 27.1 Å². The molecule has 0 saturated heterocycles. The molecule has 106 valence electrons. The Morgan fingerprint density at radius 3 is 2.16 bits per heavy atom. The Morgan fingerprint density at radius 1 is 1.16 bits per heavy atom. The number of carboxylic acid groups (broad SMARTS) is 1. The van der Waals surface area contributed by atoms with E-state index in [1.165, 1.54) is 0 Å². The summed E-state index contributed by atoms with van der Waals surface area (Å²) in [4.78, 5) is 10.5. The summed E-state index contributed by atoms with van der Waals surface area (Å²) in [5, 5.41) is 10.5. The van der Waals surface area contributed by atoms with E-state index in [4.69, 9.17) is 17.2 Å². The molecule has 5 heteroatoms. The summed E-state index contributed by atoms with van der Waals surface area (Å²) in [6.07, 6.45) is 1.97. The van der Waals surface area contributed by atoms with Gasteiger partial charge in [-0.3, -0.25) is 0 Å². The highest BCUT2D eigenvalue weighted by atomic mass is 16.4. The first-order chi connectivity index (χ1) is 8.90. The third-order valence-electron chi connectivity index (χ3n) is 3.22. The van der Waals surface area contributed by atoms with Crippen molar-refractivity contribution < 1.29 is 9.90 Å². The van der Waals surface area contributed by atoms with Crippen LogP contribution in [0, 0.1) is 0 Å². The van der Waals surface area contributed by atoms with E-state index in [-0.39, 0.29) is 18.5 Å². The van der Waals surface area contributed by atoms with Crippen molar-refractivity contribution >= 4 is 5.97 Å². The highest BCUT2D eigenvalue weighted by molar-refractivity contribution is 5.71. The molecule has 0 aliphatic carbocycles. The maximum atomic E-state index is 10.5. The number of aryl methyl sites for hydroxylation is 1. The van der Waals surface area contributed by atoms with Crippen molar-refractivity contribution in [2.75, 3.05) is 0 Å². The second-order valence-electron chi connectivity index (χ2n) is 5.01. The minimum absolute atomic E-state index is 0.00816. The van der Waals surface area contributed by atoms with Gasteiger partial charge in [-0.1, -0.05) is 24.3 Å². The first-order valence-electron chi connectivity index (χ1n) is 6.45. The van der Waals surface area contributed by atoms with Crippen molar-refractivity contribution in [1.82, 2.24) is 0 Å². The standard InChI is InChI=1S/C14H23N3O2/c1-9(15)12(16)7-6-10-2-4-11(5-3-10)8-13(17)14(18)19/h2-5,9,12-13H,6-8,15-17H2,1H3,(H,18,19)/p-1. The maximum Gasteiger partial charge on any atom is 0.0585 e. The number of nitrogens with two attached hydrogens (primary N) is 3. The molecular weight excluding hydrogens is 242 g/mol. The van der Waals surface area contributed by atoms with Crippen LogP contribution in [-0.4, -0.2) is 24.1 Å². The molecule has 0 aliphatic heterocycles. The number of carbonyl (C=O) groups is 1. The molecule has 0 heterocycles. The first-order valence-corrected chi connectivity index (χ1v) is 6.45. The van der Waals surface area contributed by atoms with Crippen LogP contribution in [0.3, 0.4) is 0 Å². The second-order valence-corrected chi connectivity index (χ2v) is 5.01. The molecule has 3 unspecified atom stereocenters. The fraction of sp³-hybridized carbons (Fsp3) is 0.500. The number of aliphatic carboxylic acids is 1. The fourth-order valence-corrected chi connectivity index (χ4v) is 1.78. The van der Waals surface area contributed by atoms with E-state index in [1.807, 2.05) is 31.2 Å². The summed E-state index contributed by atoms with van der Waals surface area (Å²) < 4.78 is 0. The van der Waals surface area contributed by atoms with Gasteiger partial charge in [0.05, 0.1) is 5.97 Å². The average molecular weight is 264 g/mol. The SMILES string of the molecule is CC(N)C(N)CCc1ccc(CC(N)C(=O)[O-])cc1. The molecule has 0 spiro atoms. The zero-order valence-corrected chi connectivity index (χ0v) is 11.2. The summed E-state index contributed by atoms with van der Waals surface area (Å²) in [7, 11) is 0. The molecule has 0 fully saturated rings. The molecule has 0 radical (unpaired) electrons. The minimum atomic E-state index is -1.23. The van der Waals surface area contributed by atoms with Gasteiger partial charge in [-0.15, -0.1) is 0 Å². The third-order valence-corrected chi connectivity index (χ3v) is 3.22. The lowest BCUT2D eigenvalue weighted by Gasteiger charge is -2.15. The van der Waals surface area contributed by atoms with Crippen LogP contribution in [0.1, 0.15) is 24.5 Å². The van der Waals surface area contributed by atoms with E-state index < -0.39 is 12.0 Å².